The SMILES string of the molecule is CC[NH+](CCCOc1cc(C)cc(C)c1)CC(=O)Nc1ccccc1OC. The van der Waals surface area contributed by atoms with E-state index in [-0.39, 0.29) is 5.91 Å². The van der Waals surface area contributed by atoms with Gasteiger partial charge in [0.05, 0.1) is 32.5 Å². The summed E-state index contributed by atoms with van der Waals surface area (Å²) in [6, 6.07) is 13.7. The van der Waals surface area contributed by atoms with Gasteiger partial charge in [0.2, 0.25) is 0 Å². The summed E-state index contributed by atoms with van der Waals surface area (Å²) in [5.41, 5.74) is 3.12. The van der Waals surface area contributed by atoms with Gasteiger partial charge in [0.1, 0.15) is 11.5 Å². The zero-order chi connectivity index (χ0) is 19.6. The van der Waals surface area contributed by atoms with E-state index in [0.717, 1.165) is 25.3 Å². The Morgan fingerprint density at radius 1 is 1.11 bits per heavy atom. The van der Waals surface area contributed by atoms with E-state index >= 15 is 0 Å². The van der Waals surface area contributed by atoms with Gasteiger partial charge in [-0.05, 0) is 56.2 Å². The van der Waals surface area contributed by atoms with Crippen LogP contribution in [0.3, 0.4) is 0 Å². The van der Waals surface area contributed by atoms with Crippen molar-refractivity contribution < 1.29 is 19.2 Å². The van der Waals surface area contributed by atoms with Gasteiger partial charge < -0.3 is 19.7 Å². The molecule has 0 aromatic heterocycles. The lowest BCUT2D eigenvalue weighted by molar-refractivity contribution is -0.890. The van der Waals surface area contributed by atoms with Crippen molar-refractivity contribution in [2.24, 2.45) is 0 Å². The lowest BCUT2D eigenvalue weighted by Gasteiger charge is -2.18. The molecule has 27 heavy (non-hydrogen) atoms. The second-order valence-electron chi connectivity index (χ2n) is 6.80. The van der Waals surface area contributed by atoms with Crippen LogP contribution >= 0.6 is 0 Å². The van der Waals surface area contributed by atoms with Crippen molar-refractivity contribution in [2.45, 2.75) is 27.2 Å². The highest BCUT2D eigenvalue weighted by Gasteiger charge is 2.14. The number of nitrogens with one attached hydrogen (secondary N) is 2. The summed E-state index contributed by atoms with van der Waals surface area (Å²) in [7, 11) is 1.60. The fourth-order valence-electron chi connectivity index (χ4n) is 3.09. The maximum atomic E-state index is 12.4. The Labute approximate surface area is 162 Å². The predicted octanol–water partition coefficient (Wildman–Crippen LogP) is 2.62. The Kier molecular flexibility index (Phi) is 8.14. The molecule has 0 bridgehead atoms. The molecule has 1 amide bonds. The maximum Gasteiger partial charge on any atom is 0.279 e. The summed E-state index contributed by atoms with van der Waals surface area (Å²) < 4.78 is 11.1. The third kappa shape index (κ3) is 6.94. The molecule has 0 saturated heterocycles. The number of quaternary nitrogens is 1. The fourth-order valence-corrected chi connectivity index (χ4v) is 3.09. The quantitative estimate of drug-likeness (QED) is 0.631. The van der Waals surface area contributed by atoms with Crippen molar-refractivity contribution >= 4 is 11.6 Å². The molecule has 0 heterocycles. The summed E-state index contributed by atoms with van der Waals surface area (Å²) in [6.45, 7) is 9.10. The van der Waals surface area contributed by atoms with Crippen LogP contribution in [0.15, 0.2) is 42.5 Å². The summed E-state index contributed by atoms with van der Waals surface area (Å²) in [5.74, 6) is 1.58. The molecule has 2 aromatic rings. The number of benzene rings is 2. The summed E-state index contributed by atoms with van der Waals surface area (Å²) in [6.07, 6.45) is 0.901. The van der Waals surface area contributed by atoms with E-state index in [1.165, 1.54) is 16.0 Å². The molecular weight excluding hydrogens is 340 g/mol. The fraction of sp³-hybridized carbons (Fsp3) is 0.409. The van der Waals surface area contributed by atoms with Crippen LogP contribution in [0.4, 0.5) is 5.69 Å². The first kappa shape index (κ1) is 20.8. The van der Waals surface area contributed by atoms with Crippen LogP contribution in [0.25, 0.3) is 0 Å². The lowest BCUT2D eigenvalue weighted by atomic mass is 10.1. The van der Waals surface area contributed by atoms with Crippen molar-refractivity contribution in [3.63, 3.8) is 0 Å². The van der Waals surface area contributed by atoms with Crippen molar-refractivity contribution in [1.29, 1.82) is 0 Å². The van der Waals surface area contributed by atoms with Gasteiger partial charge in [-0.3, -0.25) is 4.79 Å². The second-order valence-corrected chi connectivity index (χ2v) is 6.80. The molecule has 0 aliphatic heterocycles. The molecular formula is C22H31N2O3+. The minimum Gasteiger partial charge on any atom is -0.495 e. The number of amides is 1. The van der Waals surface area contributed by atoms with E-state index in [0.29, 0.717) is 24.6 Å². The van der Waals surface area contributed by atoms with Crippen LogP contribution in [-0.2, 0) is 4.79 Å². The molecule has 2 aromatic carbocycles. The second kappa shape index (κ2) is 10.6. The number of carbonyl (C=O) groups is 1. The van der Waals surface area contributed by atoms with Crippen LogP contribution in [0.1, 0.15) is 24.5 Å². The monoisotopic (exact) mass is 371 g/mol. The van der Waals surface area contributed by atoms with Gasteiger partial charge in [0.15, 0.2) is 6.54 Å². The molecule has 0 radical (unpaired) electrons. The van der Waals surface area contributed by atoms with Crippen molar-refractivity contribution in [2.75, 3.05) is 38.7 Å². The van der Waals surface area contributed by atoms with Crippen molar-refractivity contribution in [3.8, 4) is 11.5 Å². The van der Waals surface area contributed by atoms with E-state index in [4.69, 9.17) is 9.47 Å². The normalized spacial score (nSPS) is 11.7. The molecule has 1 unspecified atom stereocenters. The third-order valence-electron chi connectivity index (χ3n) is 4.43. The molecule has 0 saturated carbocycles. The Balaban J connectivity index is 1.77. The number of para-hydroxylation sites is 2. The minimum atomic E-state index is -0.00780. The van der Waals surface area contributed by atoms with Crippen LogP contribution in [-0.4, -0.2) is 39.3 Å². The van der Waals surface area contributed by atoms with Crippen LogP contribution in [0, 0.1) is 13.8 Å². The Hall–Kier alpha value is -2.53. The molecule has 2 N–H and O–H groups in total. The van der Waals surface area contributed by atoms with Gasteiger partial charge >= 0.3 is 0 Å². The zero-order valence-electron chi connectivity index (χ0n) is 16.8. The number of methoxy groups -OCH3 is 1. The molecule has 0 aliphatic carbocycles. The Morgan fingerprint density at radius 2 is 1.81 bits per heavy atom. The van der Waals surface area contributed by atoms with Gasteiger partial charge in [-0.25, -0.2) is 0 Å². The average molecular weight is 372 g/mol. The number of hydrogen-bond donors (Lipinski definition) is 2. The highest BCUT2D eigenvalue weighted by atomic mass is 16.5. The van der Waals surface area contributed by atoms with Gasteiger partial charge in [-0.2, -0.15) is 0 Å². The number of aryl methyl sites for hydroxylation is 2. The Bertz CT molecular complexity index is 726. The van der Waals surface area contributed by atoms with Gasteiger partial charge in [-0.1, -0.05) is 18.2 Å². The van der Waals surface area contributed by atoms with Gasteiger partial charge in [0, 0.05) is 6.42 Å². The summed E-state index contributed by atoms with van der Waals surface area (Å²) in [5, 5.41) is 2.94. The van der Waals surface area contributed by atoms with Crippen molar-refractivity contribution in [3.05, 3.63) is 53.6 Å². The number of hydrogen-bond acceptors (Lipinski definition) is 3. The highest BCUT2D eigenvalue weighted by Crippen LogP contribution is 2.22. The molecule has 2 rings (SSSR count). The number of ether oxygens (including phenoxy) is 2. The maximum absolute atomic E-state index is 12.4. The van der Waals surface area contributed by atoms with E-state index in [9.17, 15) is 4.79 Å². The lowest BCUT2D eigenvalue weighted by Crippen LogP contribution is -3.12. The molecule has 0 fully saturated rings. The predicted molar refractivity (Wildman–Crippen MR) is 109 cm³/mol. The molecule has 5 nitrogen and oxygen atoms in total. The first-order chi connectivity index (χ1) is 13.0. The van der Waals surface area contributed by atoms with E-state index in [2.05, 4.69) is 44.3 Å². The zero-order valence-corrected chi connectivity index (χ0v) is 16.8. The highest BCUT2D eigenvalue weighted by molar-refractivity contribution is 5.92. The summed E-state index contributed by atoms with van der Waals surface area (Å²) >= 11 is 0. The number of rotatable bonds is 10. The molecule has 146 valence electrons. The van der Waals surface area contributed by atoms with Gasteiger partial charge in [-0.15, -0.1) is 0 Å². The molecule has 0 aliphatic rings. The molecule has 5 heteroatoms. The van der Waals surface area contributed by atoms with Gasteiger partial charge in [0.25, 0.3) is 5.91 Å². The minimum absolute atomic E-state index is 0.00780. The number of carbonyl (C=O) groups excluding carboxylic acids is 1. The standard InChI is InChI=1S/C22H30N2O3/c1-5-24(11-8-12-27-19-14-17(2)13-18(3)15-19)16-22(25)23-20-9-6-7-10-21(20)26-4/h6-7,9-10,13-15H,5,8,11-12,16H2,1-4H3,(H,23,25)/p+1. The largest absolute Gasteiger partial charge is 0.495 e. The first-order valence-electron chi connectivity index (χ1n) is 9.49. The number of anilines is 1. The number of likely N-dealkylation sites (N-methyl/N-ethyl adjacent to an activating group) is 1. The van der Waals surface area contributed by atoms with Crippen LogP contribution < -0.4 is 19.7 Å². The average Bonchev–Trinajstić information content (AvgIpc) is 2.63. The van der Waals surface area contributed by atoms with Crippen molar-refractivity contribution in [1.82, 2.24) is 0 Å². The van der Waals surface area contributed by atoms with E-state index < -0.39 is 0 Å². The van der Waals surface area contributed by atoms with E-state index in [1.807, 2.05) is 24.3 Å². The summed E-state index contributed by atoms with van der Waals surface area (Å²) in [4.78, 5) is 13.6. The first-order valence-corrected chi connectivity index (χ1v) is 9.49. The smallest absolute Gasteiger partial charge is 0.279 e. The van der Waals surface area contributed by atoms with E-state index in [1.54, 1.807) is 7.11 Å². The Morgan fingerprint density at radius 3 is 2.48 bits per heavy atom. The molecule has 1 atom stereocenters. The molecule has 0 spiro atoms. The van der Waals surface area contributed by atoms with Crippen LogP contribution in [0.2, 0.25) is 0 Å². The third-order valence-corrected chi connectivity index (χ3v) is 4.43. The van der Waals surface area contributed by atoms with Crippen LogP contribution in [0.5, 0.6) is 11.5 Å². The topological polar surface area (TPSA) is 52.0 Å².